The van der Waals surface area contributed by atoms with Crippen molar-refractivity contribution in [3.05, 3.63) is 35.5 Å². The third-order valence-corrected chi connectivity index (χ3v) is 3.38. The first-order chi connectivity index (χ1) is 11.5. The summed E-state index contributed by atoms with van der Waals surface area (Å²) >= 11 is 0. The van der Waals surface area contributed by atoms with Gasteiger partial charge in [-0.05, 0) is 24.3 Å². The number of hydrogen-bond acceptors (Lipinski definition) is 6. The number of anilines is 2. The molecule has 0 atom stereocenters. The maximum Gasteiger partial charge on any atom is 0.337 e. The molecule has 9 heteroatoms. The van der Waals surface area contributed by atoms with Gasteiger partial charge >= 0.3 is 12.0 Å². The molecule has 0 radical (unpaired) electrons. The number of rotatable bonds is 6. The molecule has 1 aliphatic rings. The van der Waals surface area contributed by atoms with E-state index < -0.39 is 17.9 Å². The molecule has 0 unspecified atom stereocenters. The lowest BCUT2D eigenvalue weighted by atomic mass is 10.2. The molecule has 1 aromatic carbocycles. The fraction of sp³-hybridized carbons (Fsp3) is 0.267. The second-order valence-corrected chi connectivity index (χ2v) is 4.99. The summed E-state index contributed by atoms with van der Waals surface area (Å²) in [5.74, 6) is -1.01. The molecule has 2 rings (SSSR count). The van der Waals surface area contributed by atoms with Crippen LogP contribution in [-0.4, -0.2) is 54.7 Å². The number of nitrogens with one attached hydrogen (secondary N) is 2. The summed E-state index contributed by atoms with van der Waals surface area (Å²) in [4.78, 5) is 36.4. The SMILES string of the molecule is COC(=O)C1=C(Nc2ccc(NC(N)=O)cc2)C(=O)N(CCO)C1. The highest BCUT2D eigenvalue weighted by molar-refractivity contribution is 6.08. The Hall–Kier alpha value is -3.07. The van der Waals surface area contributed by atoms with Gasteiger partial charge in [-0.3, -0.25) is 4.79 Å². The lowest BCUT2D eigenvalue weighted by Crippen LogP contribution is -2.31. The van der Waals surface area contributed by atoms with E-state index in [-0.39, 0.29) is 31.0 Å². The molecular formula is C15H18N4O5. The van der Waals surface area contributed by atoms with E-state index in [1.807, 2.05) is 0 Å². The Morgan fingerprint density at radius 3 is 2.46 bits per heavy atom. The van der Waals surface area contributed by atoms with Gasteiger partial charge in [-0.25, -0.2) is 9.59 Å². The van der Waals surface area contributed by atoms with E-state index in [1.54, 1.807) is 24.3 Å². The molecule has 1 heterocycles. The Labute approximate surface area is 138 Å². The summed E-state index contributed by atoms with van der Waals surface area (Å²) in [6.07, 6.45) is 0. The number of primary amides is 1. The lowest BCUT2D eigenvalue weighted by Gasteiger charge is -2.15. The zero-order valence-corrected chi connectivity index (χ0v) is 13.0. The summed E-state index contributed by atoms with van der Waals surface area (Å²) in [6.45, 7) is -0.0252. The minimum atomic E-state index is -0.683. The van der Waals surface area contributed by atoms with E-state index in [1.165, 1.54) is 12.0 Å². The molecule has 9 nitrogen and oxygen atoms in total. The molecule has 0 fully saturated rings. The summed E-state index contributed by atoms with van der Waals surface area (Å²) in [6, 6.07) is 5.74. The summed E-state index contributed by atoms with van der Waals surface area (Å²) < 4.78 is 4.70. The molecule has 0 aliphatic carbocycles. The number of carbonyl (C=O) groups is 3. The Morgan fingerprint density at radius 1 is 1.29 bits per heavy atom. The predicted octanol–water partition coefficient (Wildman–Crippen LogP) is -0.149. The molecular weight excluding hydrogens is 316 g/mol. The van der Waals surface area contributed by atoms with E-state index in [0.717, 1.165) is 0 Å². The number of nitrogens with two attached hydrogens (primary N) is 1. The molecule has 1 aromatic rings. The van der Waals surface area contributed by atoms with E-state index in [9.17, 15) is 14.4 Å². The molecule has 0 bridgehead atoms. The van der Waals surface area contributed by atoms with E-state index in [0.29, 0.717) is 11.4 Å². The second kappa shape index (κ2) is 7.47. The number of aliphatic hydroxyl groups is 1. The number of hydrogen-bond donors (Lipinski definition) is 4. The number of β-amino-alcohol motifs (C(OH)–C–C–N with tert-alkyl or cyclic N) is 1. The number of amides is 3. The number of esters is 1. The van der Waals surface area contributed by atoms with Crippen molar-refractivity contribution in [2.24, 2.45) is 5.73 Å². The van der Waals surface area contributed by atoms with Crippen molar-refractivity contribution in [3.63, 3.8) is 0 Å². The number of benzene rings is 1. The van der Waals surface area contributed by atoms with Gasteiger partial charge < -0.3 is 31.1 Å². The standard InChI is InChI=1S/C15H18N4O5/c1-24-14(22)11-8-19(6-7-20)13(21)12(11)17-9-2-4-10(5-3-9)18-15(16)23/h2-5,17,20H,6-8H2,1H3,(H3,16,18,23). The van der Waals surface area contributed by atoms with Crippen LogP contribution in [0.4, 0.5) is 16.2 Å². The van der Waals surface area contributed by atoms with Crippen LogP contribution in [0.15, 0.2) is 35.5 Å². The van der Waals surface area contributed by atoms with Gasteiger partial charge in [0.15, 0.2) is 0 Å². The number of ether oxygens (including phenoxy) is 1. The third-order valence-electron chi connectivity index (χ3n) is 3.38. The molecule has 0 aromatic heterocycles. The van der Waals surface area contributed by atoms with Gasteiger partial charge in [0.05, 0.1) is 25.8 Å². The van der Waals surface area contributed by atoms with Crippen molar-refractivity contribution in [2.75, 3.05) is 37.4 Å². The average molecular weight is 334 g/mol. The largest absolute Gasteiger partial charge is 0.466 e. The van der Waals surface area contributed by atoms with Gasteiger partial charge in [0.25, 0.3) is 5.91 Å². The predicted molar refractivity (Wildman–Crippen MR) is 86.0 cm³/mol. The van der Waals surface area contributed by atoms with Crippen molar-refractivity contribution < 1.29 is 24.2 Å². The topological polar surface area (TPSA) is 134 Å². The van der Waals surface area contributed by atoms with Crippen LogP contribution in [0, 0.1) is 0 Å². The molecule has 0 saturated heterocycles. The van der Waals surface area contributed by atoms with Crippen molar-refractivity contribution >= 4 is 29.3 Å². The van der Waals surface area contributed by atoms with E-state index in [4.69, 9.17) is 15.6 Å². The van der Waals surface area contributed by atoms with Gasteiger partial charge in [-0.2, -0.15) is 0 Å². The molecule has 3 amide bonds. The molecule has 24 heavy (non-hydrogen) atoms. The first-order valence-electron chi connectivity index (χ1n) is 7.11. The highest BCUT2D eigenvalue weighted by atomic mass is 16.5. The molecule has 0 saturated carbocycles. The van der Waals surface area contributed by atoms with Crippen LogP contribution < -0.4 is 16.4 Å². The number of methoxy groups -OCH3 is 1. The number of aliphatic hydroxyl groups excluding tert-OH is 1. The van der Waals surface area contributed by atoms with Crippen molar-refractivity contribution in [1.29, 1.82) is 0 Å². The smallest absolute Gasteiger partial charge is 0.337 e. The second-order valence-electron chi connectivity index (χ2n) is 4.99. The highest BCUT2D eigenvalue weighted by Crippen LogP contribution is 2.23. The van der Waals surface area contributed by atoms with Gasteiger partial charge in [0.2, 0.25) is 0 Å². The van der Waals surface area contributed by atoms with Crippen LogP contribution in [-0.2, 0) is 14.3 Å². The first-order valence-corrected chi connectivity index (χ1v) is 7.11. The van der Waals surface area contributed by atoms with E-state index in [2.05, 4.69) is 10.6 Å². The average Bonchev–Trinajstić information content (AvgIpc) is 2.85. The van der Waals surface area contributed by atoms with Gasteiger partial charge in [-0.15, -0.1) is 0 Å². The van der Waals surface area contributed by atoms with Crippen LogP contribution in [0.5, 0.6) is 0 Å². The summed E-state index contributed by atoms with van der Waals surface area (Å²) in [7, 11) is 1.23. The third kappa shape index (κ3) is 3.82. The van der Waals surface area contributed by atoms with Crippen molar-refractivity contribution in [2.45, 2.75) is 0 Å². The van der Waals surface area contributed by atoms with Crippen LogP contribution in [0.1, 0.15) is 0 Å². The van der Waals surface area contributed by atoms with Crippen LogP contribution in [0.25, 0.3) is 0 Å². The maximum absolute atomic E-state index is 12.4. The zero-order valence-electron chi connectivity index (χ0n) is 13.0. The molecule has 128 valence electrons. The minimum Gasteiger partial charge on any atom is -0.466 e. The molecule has 0 spiro atoms. The fourth-order valence-electron chi connectivity index (χ4n) is 2.27. The van der Waals surface area contributed by atoms with Crippen molar-refractivity contribution in [1.82, 2.24) is 4.90 Å². The van der Waals surface area contributed by atoms with Gasteiger partial charge in [0.1, 0.15) is 5.70 Å². The number of carbonyl (C=O) groups excluding carboxylic acids is 3. The Kier molecular flexibility index (Phi) is 5.38. The Bertz CT molecular complexity index is 684. The maximum atomic E-state index is 12.4. The quantitative estimate of drug-likeness (QED) is 0.535. The van der Waals surface area contributed by atoms with Crippen LogP contribution in [0.2, 0.25) is 0 Å². The lowest BCUT2D eigenvalue weighted by molar-refractivity contribution is -0.136. The van der Waals surface area contributed by atoms with Gasteiger partial charge in [0, 0.05) is 17.9 Å². The monoisotopic (exact) mass is 334 g/mol. The van der Waals surface area contributed by atoms with E-state index >= 15 is 0 Å². The molecule has 1 aliphatic heterocycles. The fourth-order valence-corrected chi connectivity index (χ4v) is 2.27. The van der Waals surface area contributed by atoms with Crippen molar-refractivity contribution in [3.8, 4) is 0 Å². The number of urea groups is 1. The summed E-state index contributed by atoms with van der Waals surface area (Å²) in [5.41, 5.74) is 6.36. The Morgan fingerprint density at radius 2 is 1.92 bits per heavy atom. The Balaban J connectivity index is 2.21. The first kappa shape index (κ1) is 17.3. The van der Waals surface area contributed by atoms with Crippen LogP contribution in [0.3, 0.4) is 0 Å². The minimum absolute atomic E-state index is 0.0652. The summed E-state index contributed by atoms with van der Waals surface area (Å²) in [5, 5.41) is 14.3. The van der Waals surface area contributed by atoms with Gasteiger partial charge in [-0.1, -0.05) is 0 Å². The zero-order chi connectivity index (χ0) is 17.7. The normalized spacial score (nSPS) is 13.9. The van der Waals surface area contributed by atoms with Crippen LogP contribution >= 0.6 is 0 Å². The highest BCUT2D eigenvalue weighted by Gasteiger charge is 2.34. The number of nitrogens with zero attached hydrogens (tertiary/aromatic N) is 1. The molecule has 5 N–H and O–H groups in total.